The first kappa shape index (κ1) is 22.9. The fourth-order valence-corrected chi connectivity index (χ4v) is 2.91. The number of rotatable bonds is 10. The Kier molecular flexibility index (Phi) is 15.4. The normalized spacial score (nSPS) is 21.6. The maximum Gasteiger partial charge on any atom is 0.191 e. The highest BCUT2D eigenvalue weighted by Gasteiger charge is 2.18. The molecule has 1 rings (SSSR count). The number of guanidine groups is 1. The molecule has 0 spiro atoms. The van der Waals surface area contributed by atoms with Gasteiger partial charge in [0.25, 0.3) is 0 Å². The van der Waals surface area contributed by atoms with E-state index in [1.165, 1.54) is 25.7 Å². The molecule has 138 valence electrons. The van der Waals surface area contributed by atoms with Crippen LogP contribution in [0.2, 0.25) is 0 Å². The first-order chi connectivity index (χ1) is 10.8. The van der Waals surface area contributed by atoms with Gasteiger partial charge in [-0.05, 0) is 38.0 Å². The molecule has 0 aliphatic heterocycles. The summed E-state index contributed by atoms with van der Waals surface area (Å²) in [5.74, 6) is 2.57. The van der Waals surface area contributed by atoms with Gasteiger partial charge in [-0.2, -0.15) is 0 Å². The average molecular weight is 441 g/mol. The summed E-state index contributed by atoms with van der Waals surface area (Å²) in [5.41, 5.74) is 0. The Morgan fingerprint density at radius 3 is 2.70 bits per heavy atom. The van der Waals surface area contributed by atoms with Crippen LogP contribution in [0.15, 0.2) is 4.99 Å². The quantitative estimate of drug-likeness (QED) is 0.237. The molecule has 1 saturated carbocycles. The summed E-state index contributed by atoms with van der Waals surface area (Å²) in [4.78, 5) is 4.75. The van der Waals surface area contributed by atoms with Gasteiger partial charge in [-0.1, -0.05) is 19.8 Å². The minimum atomic E-state index is 0. The van der Waals surface area contributed by atoms with Crippen molar-refractivity contribution in [2.24, 2.45) is 16.8 Å². The number of methoxy groups -OCH3 is 1. The van der Waals surface area contributed by atoms with E-state index in [1.54, 1.807) is 7.11 Å². The maximum atomic E-state index is 5.46. The van der Waals surface area contributed by atoms with Gasteiger partial charge >= 0.3 is 0 Å². The molecule has 0 aromatic carbocycles. The molecule has 2 N–H and O–H groups in total. The van der Waals surface area contributed by atoms with Crippen LogP contribution in [0, 0.1) is 11.8 Å². The molecule has 0 radical (unpaired) electrons. The van der Waals surface area contributed by atoms with Gasteiger partial charge in [0.2, 0.25) is 0 Å². The predicted octanol–water partition coefficient (Wildman–Crippen LogP) is 3.04. The summed E-state index contributed by atoms with van der Waals surface area (Å²) in [7, 11) is 1.69. The van der Waals surface area contributed by atoms with Gasteiger partial charge in [-0.25, -0.2) is 0 Å². The van der Waals surface area contributed by atoms with Gasteiger partial charge in [0, 0.05) is 33.4 Å². The summed E-state index contributed by atoms with van der Waals surface area (Å²) in [5, 5.41) is 6.71. The van der Waals surface area contributed by atoms with Crippen molar-refractivity contribution in [3.8, 4) is 0 Å². The smallest absolute Gasteiger partial charge is 0.191 e. The number of hydrogen-bond acceptors (Lipinski definition) is 3. The molecule has 23 heavy (non-hydrogen) atoms. The predicted molar refractivity (Wildman–Crippen MR) is 108 cm³/mol. The zero-order valence-corrected chi connectivity index (χ0v) is 17.4. The molecule has 0 saturated heterocycles. The molecule has 5 nitrogen and oxygen atoms in total. The van der Waals surface area contributed by atoms with Crippen molar-refractivity contribution in [3.05, 3.63) is 0 Å². The monoisotopic (exact) mass is 441 g/mol. The van der Waals surface area contributed by atoms with E-state index in [-0.39, 0.29) is 24.0 Å². The third-order valence-electron chi connectivity index (χ3n) is 4.09. The lowest BCUT2D eigenvalue weighted by Crippen LogP contribution is -2.38. The third kappa shape index (κ3) is 12.0. The molecule has 1 aliphatic carbocycles. The number of halogens is 1. The van der Waals surface area contributed by atoms with Crippen molar-refractivity contribution in [3.63, 3.8) is 0 Å². The number of nitrogens with one attached hydrogen (secondary N) is 2. The Hall–Kier alpha value is -0.0800. The van der Waals surface area contributed by atoms with E-state index >= 15 is 0 Å². The zero-order chi connectivity index (χ0) is 16.0. The Morgan fingerprint density at radius 2 is 2.00 bits per heavy atom. The standard InChI is InChI=1S/C17H35N3O2.HI/c1-4-18-17(19-9-6-10-22-12-11-21-3)20-14-16-8-5-7-15(2)13-16;/h15-16H,4-14H2,1-3H3,(H2,18,19,20);1H. The van der Waals surface area contributed by atoms with Crippen LogP contribution in [-0.4, -0.2) is 52.5 Å². The zero-order valence-electron chi connectivity index (χ0n) is 15.1. The van der Waals surface area contributed by atoms with Gasteiger partial charge < -0.3 is 20.1 Å². The van der Waals surface area contributed by atoms with E-state index in [0.717, 1.165) is 50.5 Å². The van der Waals surface area contributed by atoms with Crippen LogP contribution >= 0.6 is 24.0 Å². The van der Waals surface area contributed by atoms with Crippen LogP contribution in [-0.2, 0) is 9.47 Å². The van der Waals surface area contributed by atoms with Gasteiger partial charge in [-0.15, -0.1) is 24.0 Å². The summed E-state index contributed by atoms with van der Waals surface area (Å²) >= 11 is 0. The second kappa shape index (κ2) is 15.4. The van der Waals surface area contributed by atoms with Gasteiger partial charge in [-0.3, -0.25) is 4.99 Å². The Labute approximate surface area is 159 Å². The Morgan fingerprint density at radius 1 is 1.17 bits per heavy atom. The van der Waals surface area contributed by atoms with Crippen LogP contribution in [0.5, 0.6) is 0 Å². The molecule has 2 atom stereocenters. The molecular formula is C17H36IN3O2. The highest BCUT2D eigenvalue weighted by Crippen LogP contribution is 2.28. The first-order valence-electron chi connectivity index (χ1n) is 8.85. The third-order valence-corrected chi connectivity index (χ3v) is 4.09. The van der Waals surface area contributed by atoms with Crippen LogP contribution in [0.1, 0.15) is 46.0 Å². The molecule has 6 heteroatoms. The summed E-state index contributed by atoms with van der Waals surface area (Å²) < 4.78 is 10.4. The van der Waals surface area contributed by atoms with E-state index in [1.807, 2.05) is 0 Å². The molecule has 1 fully saturated rings. The largest absolute Gasteiger partial charge is 0.382 e. The Bertz CT molecular complexity index is 304. The lowest BCUT2D eigenvalue weighted by molar-refractivity contribution is 0.0698. The highest BCUT2D eigenvalue weighted by molar-refractivity contribution is 14.0. The SMILES string of the molecule is CCNC(=NCC1CCCC(C)C1)NCCCOCCOC.I. The number of hydrogen-bond donors (Lipinski definition) is 2. The van der Waals surface area contributed by atoms with Gasteiger partial charge in [0.1, 0.15) is 0 Å². The fraction of sp³-hybridized carbons (Fsp3) is 0.941. The lowest BCUT2D eigenvalue weighted by Gasteiger charge is -2.25. The molecular weight excluding hydrogens is 405 g/mol. The molecule has 0 amide bonds. The number of nitrogens with zero attached hydrogens (tertiary/aromatic N) is 1. The number of aliphatic imine (C=N–C) groups is 1. The van der Waals surface area contributed by atoms with Crippen LogP contribution in [0.4, 0.5) is 0 Å². The fourth-order valence-electron chi connectivity index (χ4n) is 2.91. The highest BCUT2D eigenvalue weighted by atomic mass is 127. The van der Waals surface area contributed by atoms with Crippen molar-refractivity contribution < 1.29 is 9.47 Å². The van der Waals surface area contributed by atoms with E-state index < -0.39 is 0 Å². The lowest BCUT2D eigenvalue weighted by atomic mass is 9.82. The summed E-state index contributed by atoms with van der Waals surface area (Å²) in [6.45, 7) is 9.30. The topological polar surface area (TPSA) is 54.9 Å². The van der Waals surface area contributed by atoms with Gasteiger partial charge in [0.15, 0.2) is 5.96 Å². The van der Waals surface area contributed by atoms with E-state index in [2.05, 4.69) is 24.5 Å². The van der Waals surface area contributed by atoms with E-state index in [4.69, 9.17) is 14.5 Å². The molecule has 0 bridgehead atoms. The van der Waals surface area contributed by atoms with Crippen LogP contribution < -0.4 is 10.6 Å². The average Bonchev–Trinajstić information content (AvgIpc) is 2.51. The first-order valence-corrected chi connectivity index (χ1v) is 8.85. The second-order valence-corrected chi connectivity index (χ2v) is 6.24. The summed E-state index contributed by atoms with van der Waals surface area (Å²) in [6, 6.07) is 0. The molecule has 0 heterocycles. The maximum absolute atomic E-state index is 5.46. The minimum Gasteiger partial charge on any atom is -0.382 e. The van der Waals surface area contributed by atoms with Crippen molar-refractivity contribution >= 4 is 29.9 Å². The minimum absolute atomic E-state index is 0. The van der Waals surface area contributed by atoms with Crippen LogP contribution in [0.3, 0.4) is 0 Å². The van der Waals surface area contributed by atoms with Crippen molar-refractivity contribution in [1.29, 1.82) is 0 Å². The van der Waals surface area contributed by atoms with Crippen molar-refractivity contribution in [2.45, 2.75) is 46.0 Å². The number of ether oxygens (including phenoxy) is 2. The van der Waals surface area contributed by atoms with Gasteiger partial charge in [0.05, 0.1) is 13.2 Å². The van der Waals surface area contributed by atoms with Crippen molar-refractivity contribution in [1.82, 2.24) is 10.6 Å². The molecule has 0 aromatic heterocycles. The van der Waals surface area contributed by atoms with Crippen molar-refractivity contribution in [2.75, 3.05) is 46.6 Å². The summed E-state index contributed by atoms with van der Waals surface area (Å²) in [6.07, 6.45) is 6.40. The molecule has 2 unspecified atom stereocenters. The van der Waals surface area contributed by atoms with E-state index in [9.17, 15) is 0 Å². The molecule has 0 aromatic rings. The second-order valence-electron chi connectivity index (χ2n) is 6.24. The van der Waals surface area contributed by atoms with E-state index in [0.29, 0.717) is 13.2 Å². The molecule has 1 aliphatic rings. The van der Waals surface area contributed by atoms with Crippen LogP contribution in [0.25, 0.3) is 0 Å². The Balaban J connectivity index is 0.00000484.